The molecule has 26 heavy (non-hydrogen) atoms. The van der Waals surface area contributed by atoms with E-state index in [1.807, 2.05) is 36.4 Å². The van der Waals surface area contributed by atoms with Crippen LogP contribution in [0.1, 0.15) is 42.6 Å². The minimum absolute atomic E-state index is 0.119. The van der Waals surface area contributed by atoms with E-state index in [9.17, 15) is 4.79 Å². The fourth-order valence-electron chi connectivity index (χ4n) is 3.01. The summed E-state index contributed by atoms with van der Waals surface area (Å²) >= 11 is 6.00. The minimum atomic E-state index is -0.434. The number of carbonyl (C=O) groups is 1. The third-order valence-electron chi connectivity index (χ3n) is 4.70. The summed E-state index contributed by atoms with van der Waals surface area (Å²) in [5.41, 5.74) is 1.99. The summed E-state index contributed by atoms with van der Waals surface area (Å²) in [6.45, 7) is 4.14. The van der Waals surface area contributed by atoms with Crippen molar-refractivity contribution in [2.75, 3.05) is 0 Å². The first-order valence-electron chi connectivity index (χ1n) is 8.50. The molecule has 0 aliphatic heterocycles. The van der Waals surface area contributed by atoms with Gasteiger partial charge in [0, 0.05) is 10.6 Å². The highest BCUT2D eigenvalue weighted by atomic mass is 35.5. The zero-order valence-electron chi connectivity index (χ0n) is 14.7. The zero-order valence-corrected chi connectivity index (χ0v) is 15.4. The number of hydrogen-bond donors (Lipinski definition) is 1. The largest absolute Gasteiger partial charge is 0.343 e. The molecule has 0 unspecified atom stereocenters. The van der Waals surface area contributed by atoms with E-state index in [-0.39, 0.29) is 5.91 Å². The average molecular weight is 370 g/mol. The van der Waals surface area contributed by atoms with Crippen LogP contribution in [0.2, 0.25) is 5.02 Å². The number of amides is 1. The first-order valence-corrected chi connectivity index (χ1v) is 8.88. The van der Waals surface area contributed by atoms with Crippen LogP contribution in [0, 0.1) is 0 Å². The summed E-state index contributed by atoms with van der Waals surface area (Å²) in [5, 5.41) is 14.9. The van der Waals surface area contributed by atoms with E-state index in [0.29, 0.717) is 10.6 Å². The van der Waals surface area contributed by atoms with Gasteiger partial charge >= 0.3 is 0 Å². The lowest BCUT2D eigenvalue weighted by Gasteiger charge is -2.33. The highest BCUT2D eigenvalue weighted by molar-refractivity contribution is 6.30. The van der Waals surface area contributed by atoms with E-state index >= 15 is 0 Å². The molecule has 0 atom stereocenters. The Morgan fingerprint density at radius 2 is 1.73 bits per heavy atom. The average Bonchev–Trinajstić information content (AvgIpc) is 3.22. The lowest BCUT2D eigenvalue weighted by Crippen LogP contribution is -2.45. The molecule has 3 rings (SSSR count). The van der Waals surface area contributed by atoms with Gasteiger partial charge in [0.25, 0.3) is 5.91 Å². The molecular formula is C19H20ClN5O. The molecule has 0 fully saturated rings. The zero-order chi connectivity index (χ0) is 18.6. The van der Waals surface area contributed by atoms with E-state index in [0.717, 1.165) is 24.1 Å². The smallest absolute Gasteiger partial charge is 0.251 e. The van der Waals surface area contributed by atoms with Crippen LogP contribution in [-0.2, 0) is 5.54 Å². The highest BCUT2D eigenvalue weighted by Crippen LogP contribution is 2.30. The number of nitrogens with one attached hydrogen (secondary N) is 1. The maximum absolute atomic E-state index is 12.8. The Morgan fingerprint density at radius 1 is 1.08 bits per heavy atom. The molecule has 134 valence electrons. The van der Waals surface area contributed by atoms with Crippen LogP contribution in [0.25, 0.3) is 5.69 Å². The number of rotatable bonds is 6. The summed E-state index contributed by atoms with van der Waals surface area (Å²) < 4.78 is 1.54. The Hall–Kier alpha value is -2.73. The summed E-state index contributed by atoms with van der Waals surface area (Å²) in [7, 11) is 0. The molecule has 0 saturated heterocycles. The van der Waals surface area contributed by atoms with E-state index in [1.165, 1.54) is 11.0 Å². The van der Waals surface area contributed by atoms with Crippen LogP contribution in [0.15, 0.2) is 54.9 Å². The molecule has 3 aromatic rings. The maximum Gasteiger partial charge on any atom is 0.251 e. The molecule has 0 aliphatic rings. The summed E-state index contributed by atoms with van der Waals surface area (Å²) in [6, 6.07) is 14.8. The van der Waals surface area contributed by atoms with Gasteiger partial charge in [-0.25, -0.2) is 4.68 Å². The number of hydrogen-bond acceptors (Lipinski definition) is 4. The topological polar surface area (TPSA) is 72.7 Å². The molecule has 1 amide bonds. The minimum Gasteiger partial charge on any atom is -0.343 e. The Bertz CT molecular complexity index is 856. The SMILES string of the molecule is CCC(CC)(NC(=O)c1ccc(-n2cnnn2)cc1)c1ccc(Cl)cc1. The number of nitrogens with zero attached hydrogens (tertiary/aromatic N) is 4. The van der Waals surface area contributed by atoms with Crippen LogP contribution < -0.4 is 5.32 Å². The third kappa shape index (κ3) is 3.60. The van der Waals surface area contributed by atoms with E-state index in [2.05, 4.69) is 34.7 Å². The predicted octanol–water partition coefficient (Wildman–Crippen LogP) is 3.76. The van der Waals surface area contributed by atoms with Gasteiger partial charge in [-0.2, -0.15) is 0 Å². The second-order valence-electron chi connectivity index (χ2n) is 6.05. The van der Waals surface area contributed by atoms with Crippen molar-refractivity contribution in [2.24, 2.45) is 0 Å². The Labute approximate surface area is 157 Å². The highest BCUT2D eigenvalue weighted by Gasteiger charge is 2.30. The van der Waals surface area contributed by atoms with Crippen molar-refractivity contribution < 1.29 is 4.79 Å². The van der Waals surface area contributed by atoms with Crippen LogP contribution in [0.5, 0.6) is 0 Å². The molecule has 1 aromatic heterocycles. The molecule has 7 heteroatoms. The van der Waals surface area contributed by atoms with Crippen molar-refractivity contribution >= 4 is 17.5 Å². The van der Waals surface area contributed by atoms with E-state index in [1.54, 1.807) is 12.1 Å². The lowest BCUT2D eigenvalue weighted by molar-refractivity contribution is 0.0889. The monoisotopic (exact) mass is 369 g/mol. The Morgan fingerprint density at radius 3 is 2.27 bits per heavy atom. The van der Waals surface area contributed by atoms with Gasteiger partial charge in [-0.1, -0.05) is 37.6 Å². The Kier molecular flexibility index (Phi) is 5.32. The number of aromatic nitrogens is 4. The van der Waals surface area contributed by atoms with Crippen LogP contribution in [-0.4, -0.2) is 26.1 Å². The fraction of sp³-hybridized carbons (Fsp3) is 0.263. The summed E-state index contributed by atoms with van der Waals surface area (Å²) in [5.74, 6) is -0.119. The number of carbonyl (C=O) groups excluding carboxylic acids is 1. The van der Waals surface area contributed by atoms with E-state index in [4.69, 9.17) is 11.6 Å². The van der Waals surface area contributed by atoms with Crippen molar-refractivity contribution in [3.63, 3.8) is 0 Å². The molecule has 0 spiro atoms. The van der Waals surface area contributed by atoms with Gasteiger partial charge in [0.1, 0.15) is 6.33 Å². The molecular weight excluding hydrogens is 350 g/mol. The van der Waals surface area contributed by atoms with Crippen molar-refractivity contribution in [3.8, 4) is 5.69 Å². The van der Waals surface area contributed by atoms with Gasteiger partial charge in [0.2, 0.25) is 0 Å². The second kappa shape index (κ2) is 7.66. The normalized spacial score (nSPS) is 11.3. The first-order chi connectivity index (χ1) is 12.6. The lowest BCUT2D eigenvalue weighted by atomic mass is 9.84. The van der Waals surface area contributed by atoms with Crippen LogP contribution in [0.3, 0.4) is 0 Å². The molecule has 0 radical (unpaired) electrons. The van der Waals surface area contributed by atoms with Gasteiger partial charge in [0.15, 0.2) is 0 Å². The number of halogens is 1. The standard InChI is InChI=1S/C19H20ClN5O/c1-3-19(4-2,15-7-9-16(20)10-8-15)22-18(26)14-5-11-17(12-6-14)25-13-21-23-24-25/h5-13H,3-4H2,1-2H3,(H,22,26). The third-order valence-corrected chi connectivity index (χ3v) is 4.95. The number of tetrazole rings is 1. The molecule has 6 nitrogen and oxygen atoms in total. The second-order valence-corrected chi connectivity index (χ2v) is 6.49. The summed E-state index contributed by atoms with van der Waals surface area (Å²) in [6.07, 6.45) is 3.06. The first kappa shape index (κ1) is 18.1. The van der Waals surface area contributed by atoms with Crippen LogP contribution >= 0.6 is 11.6 Å². The Balaban J connectivity index is 1.83. The molecule has 1 heterocycles. The molecule has 2 aromatic carbocycles. The van der Waals surface area contributed by atoms with Gasteiger partial charge in [0.05, 0.1) is 11.2 Å². The molecule has 1 N–H and O–H groups in total. The van der Waals surface area contributed by atoms with Gasteiger partial charge < -0.3 is 5.32 Å². The van der Waals surface area contributed by atoms with Gasteiger partial charge in [-0.05, 0) is 65.2 Å². The molecule has 0 bridgehead atoms. The van der Waals surface area contributed by atoms with Crippen molar-refractivity contribution in [1.29, 1.82) is 0 Å². The van der Waals surface area contributed by atoms with Crippen molar-refractivity contribution in [1.82, 2.24) is 25.5 Å². The van der Waals surface area contributed by atoms with Crippen molar-refractivity contribution in [2.45, 2.75) is 32.2 Å². The quantitative estimate of drug-likeness (QED) is 0.718. The summed E-state index contributed by atoms with van der Waals surface area (Å²) in [4.78, 5) is 12.8. The fourth-order valence-corrected chi connectivity index (χ4v) is 3.14. The maximum atomic E-state index is 12.8. The predicted molar refractivity (Wildman–Crippen MR) is 100 cm³/mol. The number of benzene rings is 2. The molecule has 0 aliphatic carbocycles. The van der Waals surface area contributed by atoms with Crippen molar-refractivity contribution in [3.05, 3.63) is 71.0 Å². The van der Waals surface area contributed by atoms with E-state index < -0.39 is 5.54 Å². The van der Waals surface area contributed by atoms with Gasteiger partial charge in [-0.15, -0.1) is 5.10 Å². The molecule has 0 saturated carbocycles. The van der Waals surface area contributed by atoms with Crippen LogP contribution in [0.4, 0.5) is 0 Å². The van der Waals surface area contributed by atoms with Gasteiger partial charge in [-0.3, -0.25) is 4.79 Å².